The number of aromatic nitrogens is 1. The van der Waals surface area contributed by atoms with Crippen molar-refractivity contribution in [3.8, 4) is 11.4 Å². The Morgan fingerprint density at radius 3 is 2.58 bits per heavy atom. The maximum Gasteiger partial charge on any atom is 0.294 e. The Hall–Kier alpha value is -3.85. The van der Waals surface area contributed by atoms with Crippen molar-refractivity contribution in [2.24, 2.45) is 0 Å². The van der Waals surface area contributed by atoms with Gasteiger partial charge in [0.1, 0.15) is 18.1 Å². The first kappa shape index (κ1) is 22.3. The Morgan fingerprint density at radius 2 is 1.85 bits per heavy atom. The fraction of sp³-hybridized carbons (Fsp3) is 0.125. The van der Waals surface area contributed by atoms with E-state index in [4.69, 9.17) is 4.74 Å². The molecule has 9 heteroatoms. The van der Waals surface area contributed by atoms with Crippen LogP contribution in [-0.4, -0.2) is 39.7 Å². The summed E-state index contributed by atoms with van der Waals surface area (Å²) in [6, 6.07) is 16.5. The van der Waals surface area contributed by atoms with E-state index in [0.29, 0.717) is 29.4 Å². The molecule has 0 radical (unpaired) electrons. The molecule has 33 heavy (non-hydrogen) atoms. The number of hydrogen-bond donors (Lipinski definition) is 1. The number of anilines is 1. The number of hydrogen-bond acceptors (Lipinski definition) is 5. The number of ether oxygens (including phenoxy) is 1. The van der Waals surface area contributed by atoms with Gasteiger partial charge in [0.15, 0.2) is 0 Å². The summed E-state index contributed by atoms with van der Waals surface area (Å²) in [7, 11) is 0. The molecule has 0 aliphatic carbocycles. The van der Waals surface area contributed by atoms with Crippen LogP contribution in [-0.2, 0) is 9.59 Å². The number of benzene rings is 2. The monoisotopic (exact) mass is 465 g/mol. The molecule has 2 aromatic carbocycles. The van der Waals surface area contributed by atoms with Gasteiger partial charge in [0.2, 0.25) is 5.91 Å². The maximum atomic E-state index is 14.2. The first-order valence-electron chi connectivity index (χ1n) is 10.2. The lowest BCUT2D eigenvalue weighted by Crippen LogP contribution is -2.36. The van der Waals surface area contributed by atoms with Gasteiger partial charge in [-0.3, -0.25) is 19.3 Å². The third-order valence-corrected chi connectivity index (χ3v) is 5.70. The van der Waals surface area contributed by atoms with Gasteiger partial charge in [0.05, 0.1) is 17.2 Å². The Morgan fingerprint density at radius 1 is 1.09 bits per heavy atom. The standard InChI is InChI=1S/C24H20FN3O4S/c1-2-32-18-11-9-16(10-12-18)26-22(29)15-28-23(30)21(33-24(28)31)14-17-6-5-13-27(17)20-8-4-3-7-19(20)25/h3-14H,2,15H2,1H3,(H,26,29)/b21-14+. The minimum atomic E-state index is -0.576. The Kier molecular flexibility index (Phi) is 6.60. The Balaban J connectivity index is 1.46. The van der Waals surface area contributed by atoms with Crippen LogP contribution in [0.2, 0.25) is 0 Å². The summed E-state index contributed by atoms with van der Waals surface area (Å²) in [5.74, 6) is -0.820. The Bertz CT molecular complexity index is 1240. The molecule has 0 unspecified atom stereocenters. The summed E-state index contributed by atoms with van der Waals surface area (Å²) in [5, 5.41) is 2.12. The van der Waals surface area contributed by atoms with E-state index in [1.807, 2.05) is 6.92 Å². The number of rotatable bonds is 7. The van der Waals surface area contributed by atoms with E-state index in [0.717, 1.165) is 16.7 Å². The van der Waals surface area contributed by atoms with Gasteiger partial charge in [-0.05, 0) is 73.3 Å². The molecule has 1 saturated heterocycles. The van der Waals surface area contributed by atoms with Gasteiger partial charge in [-0.25, -0.2) is 4.39 Å². The average Bonchev–Trinajstić information content (AvgIpc) is 3.35. The van der Waals surface area contributed by atoms with Crippen molar-refractivity contribution < 1.29 is 23.5 Å². The van der Waals surface area contributed by atoms with Crippen LogP contribution in [0.15, 0.2) is 71.8 Å². The van der Waals surface area contributed by atoms with Crippen molar-refractivity contribution in [1.82, 2.24) is 9.47 Å². The summed E-state index contributed by atoms with van der Waals surface area (Å²) in [5.41, 5.74) is 1.38. The molecule has 0 spiro atoms. The van der Waals surface area contributed by atoms with Crippen LogP contribution < -0.4 is 10.1 Å². The van der Waals surface area contributed by atoms with Gasteiger partial charge in [-0.2, -0.15) is 0 Å². The van der Waals surface area contributed by atoms with Crippen LogP contribution in [0.25, 0.3) is 11.8 Å². The van der Waals surface area contributed by atoms with Crippen molar-refractivity contribution in [2.75, 3.05) is 18.5 Å². The average molecular weight is 466 g/mol. The van der Waals surface area contributed by atoms with Crippen LogP contribution in [0.5, 0.6) is 5.75 Å². The lowest BCUT2D eigenvalue weighted by atomic mass is 10.3. The van der Waals surface area contributed by atoms with E-state index in [2.05, 4.69) is 5.32 Å². The topological polar surface area (TPSA) is 80.6 Å². The molecule has 0 atom stereocenters. The van der Waals surface area contributed by atoms with Crippen LogP contribution in [0.1, 0.15) is 12.6 Å². The summed E-state index contributed by atoms with van der Waals surface area (Å²) in [6.07, 6.45) is 3.18. The zero-order valence-corrected chi connectivity index (χ0v) is 18.5. The van der Waals surface area contributed by atoms with Gasteiger partial charge in [-0.15, -0.1) is 0 Å². The van der Waals surface area contributed by atoms with Gasteiger partial charge >= 0.3 is 0 Å². The molecular formula is C24H20FN3O4S. The first-order chi connectivity index (χ1) is 16.0. The van der Waals surface area contributed by atoms with Crippen molar-refractivity contribution >= 4 is 40.6 Å². The number of carbonyl (C=O) groups is 3. The van der Waals surface area contributed by atoms with Crippen molar-refractivity contribution in [3.05, 3.63) is 83.3 Å². The third-order valence-electron chi connectivity index (χ3n) is 4.80. The number of amides is 3. The van der Waals surface area contributed by atoms with Crippen molar-refractivity contribution in [1.29, 1.82) is 0 Å². The summed E-state index contributed by atoms with van der Waals surface area (Å²) in [4.78, 5) is 38.6. The van der Waals surface area contributed by atoms with E-state index in [1.165, 1.54) is 12.1 Å². The molecule has 4 rings (SSSR count). The fourth-order valence-electron chi connectivity index (χ4n) is 3.29. The molecule has 1 aromatic heterocycles. The summed E-state index contributed by atoms with van der Waals surface area (Å²) >= 11 is 0.739. The van der Waals surface area contributed by atoms with Gasteiger partial charge in [0.25, 0.3) is 11.1 Å². The highest BCUT2D eigenvalue weighted by molar-refractivity contribution is 8.18. The smallest absolute Gasteiger partial charge is 0.294 e. The zero-order chi connectivity index (χ0) is 23.4. The number of halogens is 1. The molecule has 1 fully saturated rings. The lowest BCUT2D eigenvalue weighted by molar-refractivity contribution is -0.127. The molecule has 3 aromatic rings. The predicted octanol–water partition coefficient (Wildman–Crippen LogP) is 4.69. The van der Waals surface area contributed by atoms with Crippen LogP contribution in [0.4, 0.5) is 14.9 Å². The fourth-order valence-corrected chi connectivity index (χ4v) is 4.12. The number of nitrogens with one attached hydrogen (secondary N) is 1. The van der Waals surface area contributed by atoms with E-state index in [1.54, 1.807) is 65.4 Å². The largest absolute Gasteiger partial charge is 0.494 e. The van der Waals surface area contributed by atoms with Crippen LogP contribution in [0.3, 0.4) is 0 Å². The second-order valence-electron chi connectivity index (χ2n) is 7.03. The number of thioether (sulfide) groups is 1. The molecule has 0 bridgehead atoms. The third kappa shape index (κ3) is 4.98. The Labute approximate surface area is 193 Å². The predicted molar refractivity (Wildman–Crippen MR) is 125 cm³/mol. The number of para-hydroxylation sites is 1. The molecule has 7 nitrogen and oxygen atoms in total. The SMILES string of the molecule is CCOc1ccc(NC(=O)CN2C(=O)S/C(=C/c3cccn3-c3ccccc3F)C2=O)cc1. The normalized spacial score (nSPS) is 14.7. The van der Waals surface area contributed by atoms with Crippen LogP contribution >= 0.6 is 11.8 Å². The number of nitrogens with zero attached hydrogens (tertiary/aromatic N) is 2. The van der Waals surface area contributed by atoms with Crippen molar-refractivity contribution in [3.63, 3.8) is 0 Å². The minimum absolute atomic E-state index is 0.158. The van der Waals surface area contributed by atoms with E-state index in [-0.39, 0.29) is 4.91 Å². The zero-order valence-electron chi connectivity index (χ0n) is 17.7. The van der Waals surface area contributed by atoms with E-state index in [9.17, 15) is 18.8 Å². The molecule has 1 aliphatic rings. The molecule has 1 N–H and O–H groups in total. The molecule has 168 valence electrons. The first-order valence-corrected chi connectivity index (χ1v) is 11.0. The van der Waals surface area contributed by atoms with Crippen LogP contribution in [0, 0.1) is 5.82 Å². The maximum absolute atomic E-state index is 14.2. The number of carbonyl (C=O) groups excluding carboxylic acids is 3. The molecule has 0 saturated carbocycles. The molecular weight excluding hydrogens is 445 g/mol. The summed E-state index contributed by atoms with van der Waals surface area (Å²) in [6.45, 7) is 1.99. The molecule has 2 heterocycles. The van der Waals surface area contributed by atoms with E-state index >= 15 is 0 Å². The summed E-state index contributed by atoms with van der Waals surface area (Å²) < 4.78 is 21.1. The van der Waals surface area contributed by atoms with E-state index < -0.39 is 29.4 Å². The highest BCUT2D eigenvalue weighted by Crippen LogP contribution is 2.32. The molecule has 3 amide bonds. The molecule has 1 aliphatic heterocycles. The quantitative estimate of drug-likeness (QED) is 0.512. The van der Waals surface area contributed by atoms with Gasteiger partial charge in [0, 0.05) is 17.6 Å². The second-order valence-corrected chi connectivity index (χ2v) is 8.02. The highest BCUT2D eigenvalue weighted by Gasteiger charge is 2.36. The van der Waals surface area contributed by atoms with Gasteiger partial charge in [-0.1, -0.05) is 12.1 Å². The highest BCUT2D eigenvalue weighted by atomic mass is 32.2. The minimum Gasteiger partial charge on any atom is -0.494 e. The van der Waals surface area contributed by atoms with Gasteiger partial charge < -0.3 is 14.6 Å². The number of imide groups is 1. The lowest BCUT2D eigenvalue weighted by Gasteiger charge is -2.13. The second kappa shape index (κ2) is 9.74. The van der Waals surface area contributed by atoms with Crippen molar-refractivity contribution in [2.45, 2.75) is 6.92 Å².